The number of aromatic hydroxyl groups is 1. The fourth-order valence-corrected chi connectivity index (χ4v) is 2.65. The van der Waals surface area contributed by atoms with Gasteiger partial charge in [0.05, 0.1) is 13.3 Å². The molecule has 25 heavy (non-hydrogen) atoms. The first-order valence-electron chi connectivity index (χ1n) is 7.32. The van der Waals surface area contributed by atoms with Gasteiger partial charge in [-0.1, -0.05) is 33.6 Å². The van der Waals surface area contributed by atoms with E-state index in [1.165, 1.54) is 13.3 Å². The summed E-state index contributed by atoms with van der Waals surface area (Å²) in [6.45, 7) is 1.70. The molecule has 6 nitrogen and oxygen atoms in total. The highest BCUT2D eigenvalue weighted by atomic mass is 79.9. The number of amides is 1. The lowest BCUT2D eigenvalue weighted by molar-refractivity contribution is -0.121. The van der Waals surface area contributed by atoms with E-state index < -0.39 is 6.04 Å². The lowest BCUT2D eigenvalue weighted by Gasteiger charge is -2.13. The molecule has 0 fully saturated rings. The number of methoxy groups -OCH3 is 1. The average Bonchev–Trinajstić information content (AvgIpc) is 2.57. The zero-order chi connectivity index (χ0) is 18.4. The van der Waals surface area contributed by atoms with Gasteiger partial charge in [0.15, 0.2) is 11.5 Å². The lowest BCUT2D eigenvalue weighted by atomic mass is 10.2. The molecule has 2 aromatic rings. The third kappa shape index (κ3) is 5.37. The molecular weight excluding hydrogens is 410 g/mol. The molecule has 0 aliphatic carbocycles. The number of benzene rings is 2. The predicted molar refractivity (Wildman–Crippen MR) is 103 cm³/mol. The number of carbonyl (C=O) groups excluding carboxylic acids is 1. The van der Waals surface area contributed by atoms with Crippen LogP contribution in [0.25, 0.3) is 0 Å². The maximum absolute atomic E-state index is 12.1. The lowest BCUT2D eigenvalue weighted by Crippen LogP contribution is -2.34. The summed E-state index contributed by atoms with van der Waals surface area (Å²) >= 11 is 9.22. The third-order valence-electron chi connectivity index (χ3n) is 3.27. The number of phenols is 1. The van der Waals surface area contributed by atoms with Gasteiger partial charge < -0.3 is 15.2 Å². The van der Waals surface area contributed by atoms with Gasteiger partial charge in [-0.3, -0.25) is 4.79 Å². The van der Waals surface area contributed by atoms with Crippen LogP contribution < -0.4 is 15.5 Å². The van der Waals surface area contributed by atoms with Crippen molar-refractivity contribution in [1.29, 1.82) is 0 Å². The van der Waals surface area contributed by atoms with Crippen LogP contribution in [-0.4, -0.2) is 30.4 Å². The molecule has 0 saturated carbocycles. The van der Waals surface area contributed by atoms with Crippen LogP contribution in [0, 0.1) is 0 Å². The van der Waals surface area contributed by atoms with Crippen LogP contribution in [0.15, 0.2) is 46.0 Å². The number of nitrogens with one attached hydrogen (secondary N) is 2. The summed E-state index contributed by atoms with van der Waals surface area (Å²) in [5, 5.41) is 17.5. The average molecular weight is 427 g/mol. The smallest absolute Gasteiger partial charge is 0.262 e. The number of halogens is 2. The number of phenolic OH excluding ortho intramolecular Hbond substituents is 1. The molecule has 2 rings (SSSR count). The van der Waals surface area contributed by atoms with Crippen molar-refractivity contribution in [1.82, 2.24) is 5.43 Å². The Morgan fingerprint density at radius 2 is 2.16 bits per heavy atom. The maximum atomic E-state index is 12.1. The Balaban J connectivity index is 1.99. The molecule has 132 valence electrons. The van der Waals surface area contributed by atoms with Crippen LogP contribution in [0.3, 0.4) is 0 Å². The molecule has 0 bridgehead atoms. The van der Waals surface area contributed by atoms with Gasteiger partial charge in [-0.2, -0.15) is 5.10 Å². The normalized spacial score (nSPS) is 12.0. The summed E-state index contributed by atoms with van der Waals surface area (Å²) in [5.74, 6) is -0.0929. The highest BCUT2D eigenvalue weighted by Crippen LogP contribution is 2.32. The monoisotopic (exact) mass is 425 g/mol. The van der Waals surface area contributed by atoms with Crippen LogP contribution in [0.5, 0.6) is 11.5 Å². The first kappa shape index (κ1) is 19.1. The van der Waals surface area contributed by atoms with Gasteiger partial charge in [-0.15, -0.1) is 0 Å². The van der Waals surface area contributed by atoms with E-state index in [-0.39, 0.29) is 11.7 Å². The highest BCUT2D eigenvalue weighted by molar-refractivity contribution is 9.10. The molecule has 0 radical (unpaired) electrons. The van der Waals surface area contributed by atoms with E-state index >= 15 is 0 Å². The summed E-state index contributed by atoms with van der Waals surface area (Å²) in [6.07, 6.45) is 1.34. The first-order chi connectivity index (χ1) is 11.9. The van der Waals surface area contributed by atoms with Crippen molar-refractivity contribution in [2.45, 2.75) is 13.0 Å². The molecule has 2 aromatic carbocycles. The fraction of sp³-hybridized carbons (Fsp3) is 0.176. The molecule has 0 aromatic heterocycles. The van der Waals surface area contributed by atoms with Gasteiger partial charge in [0, 0.05) is 20.7 Å². The zero-order valence-electron chi connectivity index (χ0n) is 13.6. The zero-order valence-corrected chi connectivity index (χ0v) is 15.9. The van der Waals surface area contributed by atoms with Gasteiger partial charge in [-0.05, 0) is 37.3 Å². The topological polar surface area (TPSA) is 83.0 Å². The highest BCUT2D eigenvalue weighted by Gasteiger charge is 2.12. The van der Waals surface area contributed by atoms with Crippen molar-refractivity contribution in [3.8, 4) is 11.5 Å². The van der Waals surface area contributed by atoms with Gasteiger partial charge in [0.2, 0.25) is 0 Å². The minimum atomic E-state index is -0.527. The van der Waals surface area contributed by atoms with Crippen LogP contribution in [-0.2, 0) is 4.79 Å². The SMILES string of the molecule is COc1cc(Br)cc(C=NNC(=O)C(C)Nc2cccc(Cl)c2)c1O. The van der Waals surface area contributed by atoms with Crippen molar-refractivity contribution in [3.63, 3.8) is 0 Å². The molecule has 0 saturated heterocycles. The van der Waals surface area contributed by atoms with Crippen molar-refractivity contribution >= 4 is 45.3 Å². The van der Waals surface area contributed by atoms with E-state index in [1.54, 1.807) is 37.3 Å². The number of carbonyl (C=O) groups is 1. The standard InChI is InChI=1S/C17H17BrClN3O3/c1-10(21-14-5-3-4-13(19)8-14)17(24)22-20-9-11-6-12(18)7-15(25-2)16(11)23/h3-10,21,23H,1-2H3,(H,22,24). The second kappa shape index (κ2) is 8.73. The van der Waals surface area contributed by atoms with Crippen LogP contribution in [0.4, 0.5) is 5.69 Å². The molecule has 0 aliphatic rings. The number of hydrogen-bond acceptors (Lipinski definition) is 5. The van der Waals surface area contributed by atoms with Crippen molar-refractivity contribution in [2.24, 2.45) is 5.10 Å². The molecule has 8 heteroatoms. The van der Waals surface area contributed by atoms with E-state index in [4.69, 9.17) is 16.3 Å². The summed E-state index contributed by atoms with van der Waals surface area (Å²) in [7, 11) is 1.45. The second-order valence-electron chi connectivity index (χ2n) is 5.16. The summed E-state index contributed by atoms with van der Waals surface area (Å²) in [6, 6.07) is 9.83. The summed E-state index contributed by atoms with van der Waals surface area (Å²) < 4.78 is 5.77. The van der Waals surface area contributed by atoms with E-state index in [9.17, 15) is 9.90 Å². The molecule has 1 unspecified atom stereocenters. The molecule has 0 spiro atoms. The Morgan fingerprint density at radius 3 is 2.84 bits per heavy atom. The van der Waals surface area contributed by atoms with Crippen molar-refractivity contribution < 1.29 is 14.6 Å². The molecule has 0 heterocycles. The maximum Gasteiger partial charge on any atom is 0.262 e. The minimum Gasteiger partial charge on any atom is -0.504 e. The Hall–Kier alpha value is -2.25. The summed E-state index contributed by atoms with van der Waals surface area (Å²) in [4.78, 5) is 12.1. The van der Waals surface area contributed by atoms with E-state index in [1.807, 2.05) is 6.07 Å². The Morgan fingerprint density at radius 1 is 1.40 bits per heavy atom. The minimum absolute atomic E-state index is 0.0613. The van der Waals surface area contributed by atoms with Crippen LogP contribution in [0.2, 0.25) is 5.02 Å². The van der Waals surface area contributed by atoms with Gasteiger partial charge in [0.1, 0.15) is 6.04 Å². The van der Waals surface area contributed by atoms with E-state index in [2.05, 4.69) is 31.8 Å². The molecule has 0 aliphatic heterocycles. The number of anilines is 1. The van der Waals surface area contributed by atoms with E-state index in [0.29, 0.717) is 20.8 Å². The second-order valence-corrected chi connectivity index (χ2v) is 6.51. The number of hydrogen-bond donors (Lipinski definition) is 3. The Bertz CT molecular complexity index is 799. The van der Waals surface area contributed by atoms with Gasteiger partial charge >= 0.3 is 0 Å². The number of hydrazone groups is 1. The van der Waals surface area contributed by atoms with Crippen molar-refractivity contribution in [3.05, 3.63) is 51.5 Å². The molecule has 1 atom stereocenters. The van der Waals surface area contributed by atoms with Gasteiger partial charge in [0.25, 0.3) is 5.91 Å². The van der Waals surface area contributed by atoms with Crippen LogP contribution >= 0.6 is 27.5 Å². The Labute approximate surface area is 159 Å². The largest absolute Gasteiger partial charge is 0.504 e. The predicted octanol–water partition coefficient (Wildman–Crippen LogP) is 3.77. The number of ether oxygens (including phenoxy) is 1. The Kier molecular flexibility index (Phi) is 6.66. The van der Waals surface area contributed by atoms with E-state index in [0.717, 1.165) is 5.69 Å². The quantitative estimate of drug-likeness (QED) is 0.485. The molecule has 3 N–H and O–H groups in total. The summed E-state index contributed by atoms with van der Waals surface area (Å²) in [5.41, 5.74) is 3.55. The van der Waals surface area contributed by atoms with Gasteiger partial charge in [-0.25, -0.2) is 5.43 Å². The first-order valence-corrected chi connectivity index (χ1v) is 8.49. The molecular formula is C17H17BrClN3O3. The number of rotatable bonds is 6. The number of nitrogens with zero attached hydrogens (tertiary/aromatic N) is 1. The van der Waals surface area contributed by atoms with Crippen molar-refractivity contribution in [2.75, 3.05) is 12.4 Å². The van der Waals surface area contributed by atoms with Crippen LogP contribution in [0.1, 0.15) is 12.5 Å². The molecule has 1 amide bonds. The fourth-order valence-electron chi connectivity index (χ4n) is 2.00. The third-order valence-corrected chi connectivity index (χ3v) is 3.96.